The van der Waals surface area contributed by atoms with Gasteiger partial charge in [0.05, 0.1) is 19.8 Å². The minimum Gasteiger partial charge on any atom is -0.489 e. The highest BCUT2D eigenvalue weighted by atomic mass is 19.1. The van der Waals surface area contributed by atoms with Gasteiger partial charge >= 0.3 is 0 Å². The monoisotopic (exact) mass is 378 g/mol. The minimum absolute atomic E-state index is 0.127. The predicted octanol–water partition coefficient (Wildman–Crippen LogP) is 1.96. The number of ether oxygens (including phenoxy) is 2. The first-order valence-corrected chi connectivity index (χ1v) is 9.93. The summed E-state index contributed by atoms with van der Waals surface area (Å²) in [5.74, 6) is 1.18. The van der Waals surface area contributed by atoms with Crippen LogP contribution in [0.4, 0.5) is 4.39 Å². The molecule has 150 valence electrons. The molecule has 1 aromatic carbocycles. The zero-order chi connectivity index (χ0) is 19.1. The van der Waals surface area contributed by atoms with Crippen LogP contribution in [-0.2, 0) is 4.74 Å². The van der Waals surface area contributed by atoms with E-state index in [0.29, 0.717) is 18.3 Å². The van der Waals surface area contributed by atoms with Gasteiger partial charge in [-0.2, -0.15) is 0 Å². The van der Waals surface area contributed by atoms with Crippen molar-refractivity contribution in [2.45, 2.75) is 32.4 Å². The summed E-state index contributed by atoms with van der Waals surface area (Å²) in [6.45, 7) is 11.1. The maximum atomic E-state index is 13.3. The van der Waals surface area contributed by atoms with Gasteiger partial charge in [-0.3, -0.25) is 4.90 Å². The van der Waals surface area contributed by atoms with Gasteiger partial charge in [0.2, 0.25) is 0 Å². The molecule has 27 heavy (non-hydrogen) atoms. The Labute approximate surface area is 161 Å². The van der Waals surface area contributed by atoms with Crippen LogP contribution in [0.15, 0.2) is 29.3 Å². The lowest BCUT2D eigenvalue weighted by Crippen LogP contribution is -2.46. The number of nitrogens with zero attached hydrogens (tertiary/aromatic N) is 3. The van der Waals surface area contributed by atoms with Crippen molar-refractivity contribution in [3.05, 3.63) is 30.1 Å². The number of hydrogen-bond acceptors (Lipinski definition) is 4. The topological polar surface area (TPSA) is 49.3 Å². The van der Waals surface area contributed by atoms with Gasteiger partial charge in [0, 0.05) is 44.8 Å². The van der Waals surface area contributed by atoms with Gasteiger partial charge in [0.1, 0.15) is 17.7 Å². The van der Waals surface area contributed by atoms with Crippen LogP contribution < -0.4 is 10.1 Å². The SMILES string of the molecule is CCNC(=NCC(C)Oc1cccc(F)c1)N1CCC(N2CCOCC2)C1. The number of hydrogen-bond donors (Lipinski definition) is 1. The number of likely N-dealkylation sites (tertiary alicyclic amines) is 1. The van der Waals surface area contributed by atoms with E-state index in [1.807, 2.05) is 6.92 Å². The van der Waals surface area contributed by atoms with Crippen molar-refractivity contribution in [2.75, 3.05) is 52.5 Å². The Bertz CT molecular complexity index is 622. The number of aliphatic imine (C=N–C) groups is 1. The standard InChI is InChI=1S/C20H31FN4O2/c1-3-22-20(23-14-16(2)27-19-6-4-5-17(21)13-19)25-8-7-18(15-25)24-9-11-26-12-10-24/h4-6,13,16,18H,3,7-12,14-15H2,1-2H3,(H,22,23). The van der Waals surface area contributed by atoms with E-state index in [4.69, 9.17) is 14.5 Å². The van der Waals surface area contributed by atoms with Crippen molar-refractivity contribution in [3.8, 4) is 5.75 Å². The van der Waals surface area contributed by atoms with Crippen molar-refractivity contribution in [1.82, 2.24) is 15.1 Å². The summed E-state index contributed by atoms with van der Waals surface area (Å²) in [7, 11) is 0. The molecule has 1 N–H and O–H groups in total. The zero-order valence-corrected chi connectivity index (χ0v) is 16.4. The van der Waals surface area contributed by atoms with E-state index >= 15 is 0 Å². The fourth-order valence-electron chi connectivity index (χ4n) is 3.63. The number of morpholine rings is 1. The Morgan fingerprint density at radius 3 is 2.93 bits per heavy atom. The molecule has 0 spiro atoms. The summed E-state index contributed by atoms with van der Waals surface area (Å²) in [6.07, 6.45) is 1.03. The second kappa shape index (κ2) is 9.90. The molecule has 7 heteroatoms. The molecule has 1 aromatic rings. The van der Waals surface area contributed by atoms with Crippen molar-refractivity contribution in [2.24, 2.45) is 4.99 Å². The molecule has 0 amide bonds. The lowest BCUT2D eigenvalue weighted by Gasteiger charge is -2.32. The van der Waals surface area contributed by atoms with Crippen LogP contribution in [0.1, 0.15) is 20.3 Å². The number of guanidine groups is 1. The fourth-order valence-corrected chi connectivity index (χ4v) is 3.63. The van der Waals surface area contributed by atoms with Crippen LogP contribution in [0.3, 0.4) is 0 Å². The highest BCUT2D eigenvalue weighted by Crippen LogP contribution is 2.17. The summed E-state index contributed by atoms with van der Waals surface area (Å²) in [5.41, 5.74) is 0. The van der Waals surface area contributed by atoms with Crippen LogP contribution in [0.5, 0.6) is 5.75 Å². The number of benzene rings is 1. The average molecular weight is 378 g/mol. The van der Waals surface area contributed by atoms with E-state index in [0.717, 1.165) is 58.3 Å². The fraction of sp³-hybridized carbons (Fsp3) is 0.650. The average Bonchev–Trinajstić information content (AvgIpc) is 3.16. The van der Waals surface area contributed by atoms with Crippen LogP contribution in [0, 0.1) is 5.82 Å². The molecule has 2 aliphatic heterocycles. The Morgan fingerprint density at radius 1 is 1.37 bits per heavy atom. The van der Waals surface area contributed by atoms with Crippen molar-refractivity contribution >= 4 is 5.96 Å². The third-order valence-electron chi connectivity index (χ3n) is 4.99. The number of nitrogens with one attached hydrogen (secondary N) is 1. The van der Waals surface area contributed by atoms with Gasteiger partial charge < -0.3 is 19.7 Å². The Hall–Kier alpha value is -1.86. The molecule has 2 heterocycles. The normalized spacial score (nSPS) is 22.7. The summed E-state index contributed by atoms with van der Waals surface area (Å²) in [4.78, 5) is 9.63. The molecule has 2 saturated heterocycles. The van der Waals surface area contributed by atoms with Crippen LogP contribution in [0.2, 0.25) is 0 Å². The quantitative estimate of drug-likeness (QED) is 0.606. The van der Waals surface area contributed by atoms with Crippen molar-refractivity contribution in [3.63, 3.8) is 0 Å². The second-order valence-corrected chi connectivity index (χ2v) is 7.12. The van der Waals surface area contributed by atoms with E-state index < -0.39 is 0 Å². The highest BCUT2D eigenvalue weighted by molar-refractivity contribution is 5.80. The molecule has 2 unspecified atom stereocenters. The van der Waals surface area contributed by atoms with E-state index in [1.165, 1.54) is 12.1 Å². The van der Waals surface area contributed by atoms with Gasteiger partial charge in [-0.05, 0) is 32.4 Å². The molecule has 0 saturated carbocycles. The highest BCUT2D eigenvalue weighted by Gasteiger charge is 2.30. The summed E-state index contributed by atoms with van der Waals surface area (Å²) < 4.78 is 24.5. The Kier molecular flexibility index (Phi) is 7.29. The second-order valence-electron chi connectivity index (χ2n) is 7.12. The van der Waals surface area contributed by atoms with Crippen molar-refractivity contribution in [1.29, 1.82) is 0 Å². The van der Waals surface area contributed by atoms with Gasteiger partial charge in [0.15, 0.2) is 5.96 Å². The maximum absolute atomic E-state index is 13.3. The van der Waals surface area contributed by atoms with Gasteiger partial charge in [0.25, 0.3) is 0 Å². The van der Waals surface area contributed by atoms with E-state index in [2.05, 4.69) is 22.0 Å². The summed E-state index contributed by atoms with van der Waals surface area (Å²) in [5, 5.41) is 3.39. The molecule has 2 atom stereocenters. The smallest absolute Gasteiger partial charge is 0.194 e. The Morgan fingerprint density at radius 2 is 2.19 bits per heavy atom. The number of rotatable bonds is 6. The minimum atomic E-state index is -0.289. The molecule has 0 aliphatic carbocycles. The first-order chi connectivity index (χ1) is 13.2. The predicted molar refractivity (Wildman–Crippen MR) is 105 cm³/mol. The van der Waals surface area contributed by atoms with Crippen LogP contribution >= 0.6 is 0 Å². The van der Waals surface area contributed by atoms with E-state index in [9.17, 15) is 4.39 Å². The number of halogens is 1. The molecular weight excluding hydrogens is 347 g/mol. The molecule has 0 aromatic heterocycles. The first kappa shape index (κ1) is 19.9. The molecule has 0 radical (unpaired) electrons. The molecule has 2 aliphatic rings. The third-order valence-corrected chi connectivity index (χ3v) is 4.99. The third kappa shape index (κ3) is 5.81. The van der Waals surface area contributed by atoms with Crippen LogP contribution in [0.25, 0.3) is 0 Å². The lowest BCUT2D eigenvalue weighted by molar-refractivity contribution is 0.0195. The lowest BCUT2D eigenvalue weighted by atomic mass is 10.2. The van der Waals surface area contributed by atoms with Gasteiger partial charge in [-0.25, -0.2) is 9.38 Å². The van der Waals surface area contributed by atoms with E-state index in [-0.39, 0.29) is 11.9 Å². The zero-order valence-electron chi connectivity index (χ0n) is 16.4. The molecule has 2 fully saturated rings. The first-order valence-electron chi connectivity index (χ1n) is 9.93. The largest absolute Gasteiger partial charge is 0.489 e. The maximum Gasteiger partial charge on any atom is 0.194 e. The Balaban J connectivity index is 1.54. The summed E-state index contributed by atoms with van der Waals surface area (Å²) in [6, 6.07) is 6.80. The van der Waals surface area contributed by atoms with Crippen molar-refractivity contribution < 1.29 is 13.9 Å². The van der Waals surface area contributed by atoms with E-state index in [1.54, 1.807) is 12.1 Å². The molecule has 3 rings (SSSR count). The van der Waals surface area contributed by atoms with Gasteiger partial charge in [-0.15, -0.1) is 0 Å². The summed E-state index contributed by atoms with van der Waals surface area (Å²) >= 11 is 0. The molecular formula is C20H31FN4O2. The molecule has 0 bridgehead atoms. The van der Waals surface area contributed by atoms with Gasteiger partial charge in [-0.1, -0.05) is 6.07 Å². The van der Waals surface area contributed by atoms with Crippen LogP contribution in [-0.4, -0.2) is 80.4 Å². The molecule has 6 nitrogen and oxygen atoms in total.